The van der Waals surface area contributed by atoms with Crippen molar-refractivity contribution in [3.8, 4) is 34.4 Å². The molecule has 0 aliphatic rings. The lowest BCUT2D eigenvalue weighted by Crippen LogP contribution is -1.99. The Bertz CT molecular complexity index is 832. The molecule has 24 heavy (non-hydrogen) atoms. The Morgan fingerprint density at radius 2 is 1.67 bits per heavy atom. The molecule has 126 valence electrons. The number of nitrogens with one attached hydrogen (secondary N) is 1. The van der Waals surface area contributed by atoms with Gasteiger partial charge in [0.1, 0.15) is 11.6 Å². The van der Waals surface area contributed by atoms with E-state index < -0.39 is 0 Å². The summed E-state index contributed by atoms with van der Waals surface area (Å²) in [6.07, 6.45) is 0. The third-order valence-electron chi connectivity index (χ3n) is 3.71. The van der Waals surface area contributed by atoms with Gasteiger partial charge in [-0.05, 0) is 31.2 Å². The van der Waals surface area contributed by atoms with Gasteiger partial charge in [-0.3, -0.25) is 0 Å². The Labute approximate surface area is 140 Å². The van der Waals surface area contributed by atoms with E-state index in [1.807, 2.05) is 37.3 Å². The number of rotatable bonds is 6. The van der Waals surface area contributed by atoms with Crippen LogP contribution >= 0.6 is 0 Å². The molecule has 0 aliphatic heterocycles. The van der Waals surface area contributed by atoms with Gasteiger partial charge in [0.05, 0.1) is 39.0 Å². The van der Waals surface area contributed by atoms with Crippen LogP contribution in [0, 0.1) is 0 Å². The minimum atomic E-state index is 0.524. The smallest absolute Gasteiger partial charge is 0.203 e. The first kappa shape index (κ1) is 16.0. The fourth-order valence-corrected chi connectivity index (χ4v) is 2.56. The third kappa shape index (κ3) is 2.82. The first-order valence-electron chi connectivity index (χ1n) is 7.63. The lowest BCUT2D eigenvalue weighted by molar-refractivity contribution is 0.288. The molecule has 3 rings (SSSR count). The monoisotopic (exact) mass is 328 g/mol. The molecule has 0 aliphatic carbocycles. The number of hydrogen-bond acceptors (Lipinski definition) is 5. The molecule has 1 N–H and O–H groups in total. The van der Waals surface area contributed by atoms with Crippen molar-refractivity contribution in [3.63, 3.8) is 0 Å². The molecule has 0 radical (unpaired) electrons. The summed E-state index contributed by atoms with van der Waals surface area (Å²) in [6.45, 7) is 2.44. The van der Waals surface area contributed by atoms with Gasteiger partial charge in [0.15, 0.2) is 11.5 Å². The van der Waals surface area contributed by atoms with E-state index in [1.54, 1.807) is 21.3 Å². The Kier molecular flexibility index (Phi) is 4.46. The van der Waals surface area contributed by atoms with Crippen molar-refractivity contribution in [2.24, 2.45) is 0 Å². The summed E-state index contributed by atoms with van der Waals surface area (Å²) >= 11 is 0. The molecular weight excluding hydrogens is 308 g/mol. The van der Waals surface area contributed by atoms with Gasteiger partial charge in [0, 0.05) is 11.6 Å². The molecule has 0 bridgehead atoms. The SMILES string of the molecule is CCOc1c(OC)cc(-c2nc3ccc(OC)cc3[nH]2)cc1OC. The molecule has 0 saturated carbocycles. The van der Waals surface area contributed by atoms with Crippen molar-refractivity contribution >= 4 is 11.0 Å². The summed E-state index contributed by atoms with van der Waals surface area (Å²) in [4.78, 5) is 7.92. The maximum Gasteiger partial charge on any atom is 0.203 e. The van der Waals surface area contributed by atoms with Crippen LogP contribution in [0.1, 0.15) is 6.92 Å². The molecular formula is C18H20N2O4. The van der Waals surface area contributed by atoms with Crippen molar-refractivity contribution < 1.29 is 18.9 Å². The lowest BCUT2D eigenvalue weighted by atomic mass is 10.1. The van der Waals surface area contributed by atoms with Gasteiger partial charge < -0.3 is 23.9 Å². The zero-order valence-corrected chi connectivity index (χ0v) is 14.2. The zero-order valence-electron chi connectivity index (χ0n) is 14.2. The molecule has 2 aromatic carbocycles. The number of H-pyrrole nitrogens is 1. The number of methoxy groups -OCH3 is 3. The van der Waals surface area contributed by atoms with Crippen molar-refractivity contribution in [1.29, 1.82) is 0 Å². The Morgan fingerprint density at radius 1 is 0.958 bits per heavy atom. The second kappa shape index (κ2) is 6.70. The summed E-state index contributed by atoms with van der Waals surface area (Å²) in [6, 6.07) is 9.46. The zero-order chi connectivity index (χ0) is 17.1. The van der Waals surface area contributed by atoms with E-state index >= 15 is 0 Å². The summed E-state index contributed by atoms with van der Waals surface area (Å²) in [5.74, 6) is 3.29. The molecule has 3 aromatic rings. The number of benzene rings is 2. The highest BCUT2D eigenvalue weighted by molar-refractivity contribution is 5.81. The number of aromatic nitrogens is 2. The quantitative estimate of drug-likeness (QED) is 0.748. The van der Waals surface area contributed by atoms with Crippen LogP contribution in [-0.4, -0.2) is 37.9 Å². The van der Waals surface area contributed by atoms with Crippen LogP contribution in [0.25, 0.3) is 22.4 Å². The van der Waals surface area contributed by atoms with Crippen molar-refractivity contribution in [3.05, 3.63) is 30.3 Å². The largest absolute Gasteiger partial charge is 0.497 e. The van der Waals surface area contributed by atoms with Crippen LogP contribution in [0.4, 0.5) is 0 Å². The average Bonchev–Trinajstić information content (AvgIpc) is 3.04. The fourth-order valence-electron chi connectivity index (χ4n) is 2.56. The van der Waals surface area contributed by atoms with Crippen molar-refractivity contribution in [2.75, 3.05) is 27.9 Å². The fraction of sp³-hybridized carbons (Fsp3) is 0.278. The summed E-state index contributed by atoms with van der Waals surface area (Å²) in [5.41, 5.74) is 2.61. The highest BCUT2D eigenvalue weighted by Gasteiger charge is 2.16. The topological polar surface area (TPSA) is 65.6 Å². The van der Waals surface area contributed by atoms with Crippen LogP contribution in [0.5, 0.6) is 23.0 Å². The van der Waals surface area contributed by atoms with Crippen LogP contribution < -0.4 is 18.9 Å². The van der Waals surface area contributed by atoms with Crippen LogP contribution in [0.2, 0.25) is 0 Å². The van der Waals surface area contributed by atoms with Gasteiger partial charge in [-0.1, -0.05) is 0 Å². The minimum Gasteiger partial charge on any atom is -0.497 e. The number of ether oxygens (including phenoxy) is 4. The van der Waals surface area contributed by atoms with E-state index in [0.29, 0.717) is 23.9 Å². The van der Waals surface area contributed by atoms with E-state index in [1.165, 1.54) is 0 Å². The number of imidazole rings is 1. The Hall–Kier alpha value is -2.89. The lowest BCUT2D eigenvalue weighted by Gasteiger charge is -2.14. The summed E-state index contributed by atoms with van der Waals surface area (Å²) in [5, 5.41) is 0. The predicted octanol–water partition coefficient (Wildman–Crippen LogP) is 3.65. The highest BCUT2D eigenvalue weighted by atomic mass is 16.5. The molecule has 0 spiro atoms. The molecule has 0 amide bonds. The second-order valence-electron chi connectivity index (χ2n) is 5.11. The van der Waals surface area contributed by atoms with Crippen LogP contribution in [0.3, 0.4) is 0 Å². The summed E-state index contributed by atoms with van der Waals surface area (Å²) < 4.78 is 21.8. The molecule has 0 unspecified atom stereocenters. The summed E-state index contributed by atoms with van der Waals surface area (Å²) in [7, 11) is 4.84. The van der Waals surface area contributed by atoms with Crippen LogP contribution in [-0.2, 0) is 0 Å². The molecule has 6 nitrogen and oxygen atoms in total. The normalized spacial score (nSPS) is 10.7. The van der Waals surface area contributed by atoms with E-state index in [4.69, 9.17) is 18.9 Å². The Morgan fingerprint density at radius 3 is 2.25 bits per heavy atom. The predicted molar refractivity (Wildman–Crippen MR) is 92.4 cm³/mol. The first-order valence-corrected chi connectivity index (χ1v) is 7.63. The molecule has 0 atom stereocenters. The van der Waals surface area contributed by atoms with Gasteiger partial charge in [-0.25, -0.2) is 4.98 Å². The van der Waals surface area contributed by atoms with Crippen LogP contribution in [0.15, 0.2) is 30.3 Å². The maximum atomic E-state index is 5.63. The van der Waals surface area contributed by atoms with Crippen molar-refractivity contribution in [1.82, 2.24) is 9.97 Å². The van der Waals surface area contributed by atoms with Gasteiger partial charge in [0.25, 0.3) is 0 Å². The van der Waals surface area contributed by atoms with Gasteiger partial charge in [0.2, 0.25) is 5.75 Å². The van der Waals surface area contributed by atoms with Gasteiger partial charge >= 0.3 is 0 Å². The Balaban J connectivity index is 2.11. The third-order valence-corrected chi connectivity index (χ3v) is 3.71. The molecule has 1 heterocycles. The maximum absolute atomic E-state index is 5.63. The number of fused-ring (bicyclic) bond motifs is 1. The van der Waals surface area contributed by atoms with Gasteiger partial charge in [-0.2, -0.15) is 0 Å². The first-order chi connectivity index (χ1) is 11.7. The number of nitrogens with zero attached hydrogens (tertiary/aromatic N) is 1. The standard InChI is InChI=1S/C18H20N2O4/c1-5-24-17-15(22-3)8-11(9-16(17)23-4)18-19-13-7-6-12(21-2)10-14(13)20-18/h6-10H,5H2,1-4H3,(H,19,20). The minimum absolute atomic E-state index is 0.524. The van der Waals surface area contributed by atoms with Gasteiger partial charge in [-0.15, -0.1) is 0 Å². The van der Waals surface area contributed by atoms with E-state index in [0.717, 1.165) is 28.2 Å². The molecule has 1 aromatic heterocycles. The average molecular weight is 328 g/mol. The second-order valence-corrected chi connectivity index (χ2v) is 5.11. The number of aromatic amines is 1. The number of hydrogen-bond donors (Lipinski definition) is 1. The highest BCUT2D eigenvalue weighted by Crippen LogP contribution is 2.41. The van der Waals surface area contributed by atoms with E-state index in [9.17, 15) is 0 Å². The van der Waals surface area contributed by atoms with Crippen molar-refractivity contribution in [2.45, 2.75) is 6.92 Å². The molecule has 6 heteroatoms. The molecule has 0 saturated heterocycles. The van der Waals surface area contributed by atoms with E-state index in [-0.39, 0.29) is 0 Å². The van der Waals surface area contributed by atoms with E-state index in [2.05, 4.69) is 9.97 Å². The molecule has 0 fully saturated rings.